The zero-order valence-corrected chi connectivity index (χ0v) is 25.9. The molecule has 2 aliphatic heterocycles. The second kappa shape index (κ2) is 12.5. The maximum atomic E-state index is 14.1. The minimum absolute atomic E-state index is 0.0366. The number of hydrogen-bond donors (Lipinski definition) is 1. The number of pyridine rings is 2. The van der Waals surface area contributed by atoms with Crippen molar-refractivity contribution in [3.05, 3.63) is 107 Å². The molecule has 0 saturated carbocycles. The van der Waals surface area contributed by atoms with Gasteiger partial charge in [0.15, 0.2) is 5.52 Å². The van der Waals surface area contributed by atoms with Crippen molar-refractivity contribution in [3.8, 4) is 10.6 Å². The van der Waals surface area contributed by atoms with Crippen molar-refractivity contribution in [3.63, 3.8) is 0 Å². The van der Waals surface area contributed by atoms with Crippen molar-refractivity contribution in [1.82, 2.24) is 34.3 Å². The van der Waals surface area contributed by atoms with Crippen LogP contribution in [-0.2, 0) is 11.3 Å². The number of carbonyl (C=O) groups excluding carboxylic acids is 2. The Hall–Kier alpha value is -4.81. The summed E-state index contributed by atoms with van der Waals surface area (Å²) >= 11 is 1.36. The molecule has 6 heterocycles. The van der Waals surface area contributed by atoms with Crippen molar-refractivity contribution < 1.29 is 14.7 Å². The molecular formula is C34H33N7O4S. The Morgan fingerprint density at radius 2 is 1.70 bits per heavy atom. The number of aromatic nitrogens is 5. The fourth-order valence-electron chi connectivity index (χ4n) is 6.58. The third-order valence-corrected chi connectivity index (χ3v) is 10.2. The largest absolute Gasteiger partial charge is 0.388 e. The average Bonchev–Trinajstić information content (AvgIpc) is 3.60. The highest BCUT2D eigenvalue weighted by Gasteiger charge is 2.42. The van der Waals surface area contributed by atoms with Gasteiger partial charge in [0.05, 0.1) is 30.2 Å². The molecule has 2 amide bonds. The first-order chi connectivity index (χ1) is 22.4. The van der Waals surface area contributed by atoms with Gasteiger partial charge in [0.1, 0.15) is 9.88 Å². The van der Waals surface area contributed by atoms with E-state index in [2.05, 4.69) is 19.9 Å². The third kappa shape index (κ3) is 5.93. The number of amides is 2. The summed E-state index contributed by atoms with van der Waals surface area (Å²) < 4.78 is 1.41. The second-order valence-electron chi connectivity index (χ2n) is 12.0. The molecule has 4 aromatic heterocycles. The number of piperidine rings is 2. The summed E-state index contributed by atoms with van der Waals surface area (Å²) in [6, 6.07) is 17.1. The number of aliphatic hydroxyl groups is 1. The Balaban J connectivity index is 1.04. The molecule has 2 aliphatic rings. The van der Waals surface area contributed by atoms with Crippen LogP contribution in [0.2, 0.25) is 0 Å². The number of hydrogen-bond acceptors (Lipinski definition) is 9. The normalized spacial score (nSPS) is 19.7. The van der Waals surface area contributed by atoms with E-state index in [1.807, 2.05) is 52.3 Å². The molecule has 0 bridgehead atoms. The molecule has 46 heavy (non-hydrogen) atoms. The summed E-state index contributed by atoms with van der Waals surface area (Å²) in [6.45, 7) is 1.72. The third-order valence-electron chi connectivity index (χ3n) is 9.15. The minimum atomic E-state index is -1.15. The van der Waals surface area contributed by atoms with Crippen LogP contribution in [0, 0.1) is 5.92 Å². The molecule has 1 N–H and O–H groups in total. The van der Waals surface area contributed by atoms with E-state index in [9.17, 15) is 19.5 Å². The first kappa shape index (κ1) is 29.9. The lowest BCUT2D eigenvalue weighted by Crippen LogP contribution is -2.53. The van der Waals surface area contributed by atoms with Gasteiger partial charge in [-0.15, -0.1) is 11.3 Å². The topological polar surface area (TPSA) is 134 Å². The summed E-state index contributed by atoms with van der Waals surface area (Å²) in [5.41, 5.74) is 1.27. The number of fused-ring (bicyclic) bond motifs is 1. The highest BCUT2D eigenvalue weighted by Crippen LogP contribution is 2.36. The lowest BCUT2D eigenvalue weighted by Gasteiger charge is -2.43. The number of likely N-dealkylation sites (tertiary alicyclic amines) is 2. The van der Waals surface area contributed by atoms with Crippen LogP contribution < -0.4 is 5.56 Å². The molecule has 2 saturated heterocycles. The van der Waals surface area contributed by atoms with E-state index in [0.717, 1.165) is 16.1 Å². The first-order valence-electron chi connectivity index (χ1n) is 15.4. The zero-order chi connectivity index (χ0) is 31.7. The quantitative estimate of drug-likeness (QED) is 0.299. The van der Waals surface area contributed by atoms with E-state index >= 15 is 0 Å². The van der Waals surface area contributed by atoms with E-state index in [0.29, 0.717) is 55.8 Å². The van der Waals surface area contributed by atoms with Crippen molar-refractivity contribution in [2.45, 2.75) is 37.3 Å². The molecular weight excluding hydrogens is 602 g/mol. The van der Waals surface area contributed by atoms with Crippen LogP contribution in [0.15, 0.2) is 90.5 Å². The van der Waals surface area contributed by atoms with Gasteiger partial charge >= 0.3 is 0 Å². The van der Waals surface area contributed by atoms with Crippen LogP contribution in [0.3, 0.4) is 0 Å². The van der Waals surface area contributed by atoms with Crippen molar-refractivity contribution in [1.29, 1.82) is 0 Å². The molecule has 0 aliphatic carbocycles. The molecule has 234 valence electrons. The standard InChI is InChI=1S/C34H33N7O4S/c42-31(39-17-11-34(45,12-18-39)21-41-22-38-27-7-4-13-36-29(27)33(41)44)25-10-16-40(20-26(25)23-5-2-1-3-6-23)32(43)28-19-37-30(46-28)24-8-14-35-15-9-24/h1-9,13-15,19,22,25-26,45H,10-12,16-18,20-21H2/t25-,26+/m1/s1. The number of thiazole rings is 1. The maximum absolute atomic E-state index is 14.1. The first-order valence-corrected chi connectivity index (χ1v) is 16.2. The van der Waals surface area contributed by atoms with E-state index < -0.39 is 5.60 Å². The molecule has 7 rings (SSSR count). The van der Waals surface area contributed by atoms with E-state index in [-0.39, 0.29) is 41.3 Å². The van der Waals surface area contributed by atoms with E-state index in [1.165, 1.54) is 22.2 Å². The number of nitrogens with zero attached hydrogens (tertiary/aromatic N) is 7. The monoisotopic (exact) mass is 635 g/mol. The lowest BCUT2D eigenvalue weighted by atomic mass is 9.79. The maximum Gasteiger partial charge on any atom is 0.279 e. The number of carbonyl (C=O) groups is 2. The number of benzene rings is 1. The summed E-state index contributed by atoms with van der Waals surface area (Å²) in [7, 11) is 0. The molecule has 2 fully saturated rings. The molecule has 11 nitrogen and oxygen atoms in total. The summed E-state index contributed by atoms with van der Waals surface area (Å²) in [4.78, 5) is 61.9. The molecule has 5 aromatic rings. The van der Waals surface area contributed by atoms with Gasteiger partial charge in [0.2, 0.25) is 5.91 Å². The van der Waals surface area contributed by atoms with Crippen LogP contribution in [0.25, 0.3) is 21.6 Å². The van der Waals surface area contributed by atoms with Gasteiger partial charge in [0, 0.05) is 62.2 Å². The Kier molecular flexibility index (Phi) is 8.14. The van der Waals surface area contributed by atoms with Gasteiger partial charge in [0.25, 0.3) is 11.5 Å². The van der Waals surface area contributed by atoms with Gasteiger partial charge < -0.3 is 14.9 Å². The highest BCUT2D eigenvalue weighted by molar-refractivity contribution is 7.16. The fraction of sp³-hybridized carbons (Fsp3) is 0.324. The summed E-state index contributed by atoms with van der Waals surface area (Å²) in [5, 5.41) is 12.2. The zero-order valence-electron chi connectivity index (χ0n) is 25.1. The Morgan fingerprint density at radius 1 is 0.913 bits per heavy atom. The summed E-state index contributed by atoms with van der Waals surface area (Å²) in [5.74, 6) is -0.518. The molecule has 0 radical (unpaired) electrons. The van der Waals surface area contributed by atoms with Gasteiger partial charge in [-0.1, -0.05) is 30.3 Å². The lowest BCUT2D eigenvalue weighted by molar-refractivity contribution is -0.142. The van der Waals surface area contributed by atoms with Crippen LogP contribution >= 0.6 is 11.3 Å². The van der Waals surface area contributed by atoms with Crippen molar-refractivity contribution in [2.75, 3.05) is 26.2 Å². The van der Waals surface area contributed by atoms with Crippen LogP contribution in [0.1, 0.15) is 40.4 Å². The van der Waals surface area contributed by atoms with Crippen LogP contribution in [-0.4, -0.2) is 83.0 Å². The summed E-state index contributed by atoms with van der Waals surface area (Å²) in [6.07, 6.45) is 9.25. The van der Waals surface area contributed by atoms with Gasteiger partial charge in [-0.25, -0.2) is 15.0 Å². The predicted molar refractivity (Wildman–Crippen MR) is 173 cm³/mol. The van der Waals surface area contributed by atoms with Crippen LogP contribution in [0.5, 0.6) is 0 Å². The molecule has 12 heteroatoms. The van der Waals surface area contributed by atoms with E-state index in [1.54, 1.807) is 36.9 Å². The molecule has 0 spiro atoms. The van der Waals surface area contributed by atoms with Crippen molar-refractivity contribution >= 4 is 34.2 Å². The SMILES string of the molecule is O=C(c1cnc(-c2ccncc2)s1)N1CC[C@@H](C(=O)N2CCC(O)(Cn3cnc4cccnc4c3=O)CC2)[C@H](c2ccccc2)C1. The van der Waals surface area contributed by atoms with Gasteiger partial charge in [-0.3, -0.25) is 23.9 Å². The minimum Gasteiger partial charge on any atom is -0.388 e. The van der Waals surface area contributed by atoms with Crippen molar-refractivity contribution in [2.24, 2.45) is 5.92 Å². The van der Waals surface area contributed by atoms with Crippen LogP contribution in [0.4, 0.5) is 0 Å². The fourth-order valence-corrected chi connectivity index (χ4v) is 7.47. The smallest absolute Gasteiger partial charge is 0.279 e. The van der Waals surface area contributed by atoms with Gasteiger partial charge in [-0.05, 0) is 49.1 Å². The molecule has 0 unspecified atom stereocenters. The average molecular weight is 636 g/mol. The van der Waals surface area contributed by atoms with E-state index in [4.69, 9.17) is 0 Å². The highest BCUT2D eigenvalue weighted by atomic mass is 32.1. The second-order valence-corrected chi connectivity index (χ2v) is 13.1. The molecule has 2 atom stereocenters. The number of rotatable bonds is 6. The predicted octanol–water partition coefficient (Wildman–Crippen LogP) is 3.61. The molecule has 1 aromatic carbocycles. The Bertz CT molecular complexity index is 1920. The Labute approximate surface area is 269 Å². The van der Waals surface area contributed by atoms with Gasteiger partial charge in [-0.2, -0.15) is 0 Å². The Morgan fingerprint density at radius 3 is 2.48 bits per heavy atom.